The molecule has 0 N–H and O–H groups in total. The van der Waals surface area contributed by atoms with Crippen molar-refractivity contribution in [1.82, 2.24) is 4.98 Å². The van der Waals surface area contributed by atoms with E-state index >= 15 is 0 Å². The number of pyridine rings is 1. The molecule has 0 radical (unpaired) electrons. The molecule has 0 amide bonds. The van der Waals surface area contributed by atoms with Crippen LogP contribution in [0.3, 0.4) is 0 Å². The highest BCUT2D eigenvalue weighted by atomic mass is 19.1. The number of benzene rings is 1. The Balaban J connectivity index is 2.32. The third-order valence-corrected chi connectivity index (χ3v) is 2.71. The van der Waals surface area contributed by atoms with Gasteiger partial charge in [0.15, 0.2) is 5.78 Å². The fourth-order valence-corrected chi connectivity index (χ4v) is 1.64. The van der Waals surface area contributed by atoms with Crippen molar-refractivity contribution in [2.75, 3.05) is 11.9 Å². The minimum Gasteiger partial charge on any atom is -0.327 e. The van der Waals surface area contributed by atoms with E-state index in [-0.39, 0.29) is 11.6 Å². The largest absolute Gasteiger partial charge is 0.327 e. The second-order valence-electron chi connectivity index (χ2n) is 3.97. The molecule has 3 nitrogen and oxygen atoms in total. The maximum atomic E-state index is 13.6. The van der Waals surface area contributed by atoms with E-state index < -0.39 is 0 Å². The van der Waals surface area contributed by atoms with Crippen LogP contribution >= 0.6 is 0 Å². The summed E-state index contributed by atoms with van der Waals surface area (Å²) < 4.78 is 13.6. The Morgan fingerprint density at radius 1 is 1.22 bits per heavy atom. The predicted octanol–water partition coefficient (Wildman–Crippen LogP) is 3.19. The number of hydrogen-bond donors (Lipinski definition) is 0. The van der Waals surface area contributed by atoms with Crippen LogP contribution in [0, 0.1) is 5.82 Å². The average Bonchev–Trinajstić information content (AvgIpc) is 2.38. The first-order valence-electron chi connectivity index (χ1n) is 5.55. The van der Waals surface area contributed by atoms with Crippen LogP contribution < -0.4 is 4.90 Å². The Labute approximate surface area is 105 Å². The standard InChI is InChI=1S/C14H13FN2O/c1-10(18)11-7-8-14(16-9-11)17(2)13-6-4-3-5-12(13)15/h3-9H,1-2H3. The molecule has 0 unspecified atom stereocenters. The van der Waals surface area contributed by atoms with E-state index in [2.05, 4.69) is 4.98 Å². The van der Waals surface area contributed by atoms with Gasteiger partial charge in [0.1, 0.15) is 11.6 Å². The Kier molecular flexibility index (Phi) is 3.37. The van der Waals surface area contributed by atoms with Crippen molar-refractivity contribution in [1.29, 1.82) is 0 Å². The first-order chi connectivity index (χ1) is 8.59. The summed E-state index contributed by atoms with van der Waals surface area (Å²) in [6.07, 6.45) is 1.50. The molecule has 0 bridgehead atoms. The molecule has 0 fully saturated rings. The summed E-state index contributed by atoms with van der Waals surface area (Å²) >= 11 is 0. The zero-order valence-corrected chi connectivity index (χ0v) is 10.2. The van der Waals surface area contributed by atoms with Gasteiger partial charge < -0.3 is 4.90 Å². The Hall–Kier alpha value is -2.23. The fourth-order valence-electron chi connectivity index (χ4n) is 1.64. The number of halogens is 1. The summed E-state index contributed by atoms with van der Waals surface area (Å²) in [6, 6.07) is 9.86. The lowest BCUT2D eigenvalue weighted by Crippen LogP contribution is -2.12. The number of ketones is 1. The first kappa shape index (κ1) is 12.2. The molecule has 2 aromatic rings. The monoisotopic (exact) mass is 244 g/mol. The molecule has 4 heteroatoms. The quantitative estimate of drug-likeness (QED) is 0.777. The van der Waals surface area contributed by atoms with Crippen LogP contribution in [0.15, 0.2) is 42.6 Å². The maximum Gasteiger partial charge on any atom is 0.161 e. The number of rotatable bonds is 3. The van der Waals surface area contributed by atoms with Gasteiger partial charge in [0.2, 0.25) is 0 Å². The third kappa shape index (κ3) is 2.37. The van der Waals surface area contributed by atoms with Gasteiger partial charge in [-0.05, 0) is 31.2 Å². The van der Waals surface area contributed by atoms with Crippen molar-refractivity contribution in [3.63, 3.8) is 0 Å². The van der Waals surface area contributed by atoms with Crippen molar-refractivity contribution in [3.05, 3.63) is 54.0 Å². The van der Waals surface area contributed by atoms with Crippen molar-refractivity contribution < 1.29 is 9.18 Å². The van der Waals surface area contributed by atoms with E-state index in [4.69, 9.17) is 0 Å². The van der Waals surface area contributed by atoms with Gasteiger partial charge in [-0.25, -0.2) is 9.37 Å². The molecule has 92 valence electrons. The summed E-state index contributed by atoms with van der Waals surface area (Å²) in [5.41, 5.74) is 0.987. The average molecular weight is 244 g/mol. The molecule has 0 saturated carbocycles. The van der Waals surface area contributed by atoms with Gasteiger partial charge in [0.05, 0.1) is 5.69 Å². The zero-order valence-electron chi connectivity index (χ0n) is 10.2. The lowest BCUT2D eigenvalue weighted by molar-refractivity contribution is 0.101. The van der Waals surface area contributed by atoms with E-state index in [1.807, 2.05) is 0 Å². The van der Waals surface area contributed by atoms with Gasteiger partial charge in [-0.1, -0.05) is 12.1 Å². The molecule has 0 aliphatic carbocycles. The van der Waals surface area contributed by atoms with Crippen molar-refractivity contribution >= 4 is 17.3 Å². The molecule has 1 aromatic heterocycles. The maximum absolute atomic E-state index is 13.6. The molecule has 0 spiro atoms. The minimum atomic E-state index is -0.308. The highest BCUT2D eigenvalue weighted by Crippen LogP contribution is 2.24. The Morgan fingerprint density at radius 3 is 2.50 bits per heavy atom. The van der Waals surface area contributed by atoms with E-state index in [0.29, 0.717) is 17.1 Å². The molecule has 0 aliphatic heterocycles. The van der Waals surface area contributed by atoms with Gasteiger partial charge in [0, 0.05) is 18.8 Å². The van der Waals surface area contributed by atoms with E-state index in [9.17, 15) is 9.18 Å². The number of hydrogen-bond acceptors (Lipinski definition) is 3. The number of anilines is 2. The van der Waals surface area contributed by atoms with Crippen LogP contribution in [0.5, 0.6) is 0 Å². The first-order valence-corrected chi connectivity index (χ1v) is 5.55. The smallest absolute Gasteiger partial charge is 0.161 e. The lowest BCUT2D eigenvalue weighted by atomic mass is 10.2. The highest BCUT2D eigenvalue weighted by molar-refractivity contribution is 5.93. The van der Waals surface area contributed by atoms with Crippen molar-refractivity contribution in [3.8, 4) is 0 Å². The molecular weight excluding hydrogens is 231 g/mol. The van der Waals surface area contributed by atoms with Crippen molar-refractivity contribution in [2.45, 2.75) is 6.92 Å². The van der Waals surface area contributed by atoms with Crippen LogP contribution in [0.4, 0.5) is 15.9 Å². The number of aromatic nitrogens is 1. The van der Waals surface area contributed by atoms with E-state index in [1.165, 1.54) is 19.2 Å². The summed E-state index contributed by atoms with van der Waals surface area (Å²) in [4.78, 5) is 16.9. The molecule has 2 rings (SSSR count). The zero-order chi connectivity index (χ0) is 13.1. The number of nitrogens with zero attached hydrogens (tertiary/aromatic N) is 2. The molecular formula is C14H13FN2O. The van der Waals surface area contributed by atoms with E-state index in [0.717, 1.165) is 0 Å². The normalized spacial score (nSPS) is 10.2. The fraction of sp³-hybridized carbons (Fsp3) is 0.143. The van der Waals surface area contributed by atoms with Crippen LogP contribution in [0.1, 0.15) is 17.3 Å². The molecule has 1 heterocycles. The number of carbonyl (C=O) groups excluding carboxylic acids is 1. The van der Waals surface area contributed by atoms with Crippen LogP contribution in [-0.2, 0) is 0 Å². The predicted molar refractivity (Wildman–Crippen MR) is 68.7 cm³/mol. The minimum absolute atomic E-state index is 0.0393. The van der Waals surface area contributed by atoms with Crippen LogP contribution in [-0.4, -0.2) is 17.8 Å². The summed E-state index contributed by atoms with van der Waals surface area (Å²) in [7, 11) is 1.73. The molecule has 18 heavy (non-hydrogen) atoms. The van der Waals surface area contributed by atoms with Gasteiger partial charge in [0.25, 0.3) is 0 Å². The van der Waals surface area contributed by atoms with Crippen LogP contribution in [0.2, 0.25) is 0 Å². The number of carbonyl (C=O) groups is 1. The Bertz CT molecular complexity index is 566. The SMILES string of the molecule is CC(=O)c1ccc(N(C)c2ccccc2F)nc1. The molecule has 1 aromatic carbocycles. The second kappa shape index (κ2) is 4.96. The van der Waals surface area contributed by atoms with Gasteiger partial charge in [-0.15, -0.1) is 0 Å². The molecule has 0 aliphatic rings. The third-order valence-electron chi connectivity index (χ3n) is 2.71. The highest BCUT2D eigenvalue weighted by Gasteiger charge is 2.10. The Morgan fingerprint density at radius 2 is 1.94 bits per heavy atom. The molecule has 0 atom stereocenters. The van der Waals surface area contributed by atoms with Crippen LogP contribution in [0.25, 0.3) is 0 Å². The summed E-state index contributed by atoms with van der Waals surface area (Å²) in [5, 5.41) is 0. The van der Waals surface area contributed by atoms with Gasteiger partial charge in [-0.3, -0.25) is 4.79 Å². The number of para-hydroxylation sites is 1. The van der Waals surface area contributed by atoms with Gasteiger partial charge >= 0.3 is 0 Å². The van der Waals surface area contributed by atoms with Crippen molar-refractivity contribution in [2.24, 2.45) is 0 Å². The topological polar surface area (TPSA) is 33.2 Å². The molecule has 0 saturated heterocycles. The lowest BCUT2D eigenvalue weighted by Gasteiger charge is -2.18. The second-order valence-corrected chi connectivity index (χ2v) is 3.97. The summed E-state index contributed by atoms with van der Waals surface area (Å²) in [5.74, 6) is 0.241. The van der Waals surface area contributed by atoms with Gasteiger partial charge in [-0.2, -0.15) is 0 Å². The summed E-state index contributed by atoms with van der Waals surface area (Å²) in [6.45, 7) is 1.48. The van der Waals surface area contributed by atoms with E-state index in [1.54, 1.807) is 42.3 Å². The number of Topliss-reactive ketones (excluding diaryl/α,β-unsaturated/α-hetero) is 1.